The lowest BCUT2D eigenvalue weighted by molar-refractivity contribution is -0.118. The summed E-state index contributed by atoms with van der Waals surface area (Å²) in [6.07, 6.45) is 4.07. The Morgan fingerprint density at radius 3 is 2.69 bits per heavy atom. The summed E-state index contributed by atoms with van der Waals surface area (Å²) >= 11 is 0. The van der Waals surface area contributed by atoms with Crippen LogP contribution in [-0.2, 0) is 21.2 Å². The maximum Gasteiger partial charge on any atom is 0.265 e. The lowest BCUT2D eigenvalue weighted by Crippen LogP contribution is -2.36. The fourth-order valence-corrected chi connectivity index (χ4v) is 5.55. The molecule has 6 nitrogen and oxygen atoms in total. The minimum absolute atomic E-state index is 0.0508. The van der Waals surface area contributed by atoms with Crippen molar-refractivity contribution in [2.45, 2.75) is 43.5 Å². The van der Waals surface area contributed by atoms with Crippen molar-refractivity contribution in [1.29, 1.82) is 0 Å². The molecule has 0 unspecified atom stereocenters. The summed E-state index contributed by atoms with van der Waals surface area (Å²) in [5.74, 6) is 0.0508. The minimum Gasteiger partial charge on any atom is -0.312 e. The molecule has 0 radical (unpaired) electrons. The number of rotatable bonds is 5. The summed E-state index contributed by atoms with van der Waals surface area (Å²) in [6.45, 7) is 2.89. The van der Waals surface area contributed by atoms with Crippen molar-refractivity contribution in [3.05, 3.63) is 59.7 Å². The summed E-state index contributed by atoms with van der Waals surface area (Å²) in [5.41, 5.74) is 2.46. The van der Waals surface area contributed by atoms with E-state index in [-0.39, 0.29) is 23.4 Å². The minimum atomic E-state index is -3.74. The maximum atomic E-state index is 13.4. The Labute approximate surface area is 171 Å². The highest BCUT2D eigenvalue weighted by Gasteiger charge is 2.34. The summed E-state index contributed by atoms with van der Waals surface area (Å²) < 4.78 is 28.2. The highest BCUT2D eigenvalue weighted by molar-refractivity contribution is 7.89. The summed E-state index contributed by atoms with van der Waals surface area (Å²) in [4.78, 5) is 19.0. The van der Waals surface area contributed by atoms with Gasteiger partial charge >= 0.3 is 0 Å². The largest absolute Gasteiger partial charge is 0.312 e. The van der Waals surface area contributed by atoms with Crippen LogP contribution in [0.2, 0.25) is 0 Å². The van der Waals surface area contributed by atoms with Gasteiger partial charge in [-0.3, -0.25) is 14.1 Å². The first-order chi connectivity index (χ1) is 14.0. The van der Waals surface area contributed by atoms with Crippen LogP contribution in [-0.4, -0.2) is 38.1 Å². The van der Waals surface area contributed by atoms with E-state index in [0.717, 1.165) is 29.7 Å². The van der Waals surface area contributed by atoms with Gasteiger partial charge in [0.05, 0.1) is 17.5 Å². The SMILES string of the molecule is CCCC(=O)N1CCCc2c1cccc2S(=O)(=O)N1C=N[C@@H](c2ccccc2)C1. The Hall–Kier alpha value is -2.67. The van der Waals surface area contributed by atoms with E-state index < -0.39 is 10.0 Å². The van der Waals surface area contributed by atoms with Crippen LogP contribution in [0.5, 0.6) is 0 Å². The monoisotopic (exact) mass is 411 g/mol. The molecule has 0 spiro atoms. The summed E-state index contributed by atoms with van der Waals surface area (Å²) in [6, 6.07) is 14.7. The standard InChI is InChI=1S/C22H25N3O3S/c1-2-8-22(26)25-14-7-11-18-20(25)12-6-13-21(18)29(27,28)24-15-19(23-16-24)17-9-4-3-5-10-17/h3-6,9-10,12-13,16,19H,2,7-8,11,14-15H2,1H3/t19-/m1/s1. The molecule has 152 valence electrons. The molecule has 0 bridgehead atoms. The normalized spacial score (nSPS) is 18.7. The first kappa shape index (κ1) is 19.6. The number of fused-ring (bicyclic) bond motifs is 1. The molecule has 0 fully saturated rings. The third kappa shape index (κ3) is 3.67. The van der Waals surface area contributed by atoms with E-state index in [0.29, 0.717) is 19.4 Å². The molecule has 7 heteroatoms. The van der Waals surface area contributed by atoms with Crippen molar-refractivity contribution in [2.75, 3.05) is 18.0 Å². The molecule has 4 rings (SSSR count). The molecule has 29 heavy (non-hydrogen) atoms. The molecule has 0 saturated heterocycles. The number of amides is 1. The summed E-state index contributed by atoms with van der Waals surface area (Å²) in [7, 11) is -3.74. The van der Waals surface area contributed by atoms with Crippen LogP contribution < -0.4 is 4.90 Å². The molecular weight excluding hydrogens is 386 g/mol. The topological polar surface area (TPSA) is 70.1 Å². The molecule has 1 amide bonds. The Kier molecular flexibility index (Phi) is 5.41. The van der Waals surface area contributed by atoms with E-state index in [1.54, 1.807) is 17.0 Å². The predicted octanol–water partition coefficient (Wildman–Crippen LogP) is 3.54. The van der Waals surface area contributed by atoms with Crippen LogP contribution in [0.3, 0.4) is 0 Å². The Bertz CT molecular complexity index is 1030. The van der Waals surface area contributed by atoms with Crippen LogP contribution in [0.1, 0.15) is 43.4 Å². The van der Waals surface area contributed by atoms with Crippen molar-refractivity contribution in [2.24, 2.45) is 4.99 Å². The summed E-state index contributed by atoms with van der Waals surface area (Å²) in [5, 5.41) is 0. The van der Waals surface area contributed by atoms with E-state index in [1.165, 1.54) is 10.6 Å². The van der Waals surface area contributed by atoms with Gasteiger partial charge in [0.1, 0.15) is 6.34 Å². The van der Waals surface area contributed by atoms with E-state index in [9.17, 15) is 13.2 Å². The third-order valence-electron chi connectivity index (χ3n) is 5.47. The molecule has 0 aliphatic carbocycles. The van der Waals surface area contributed by atoms with Gasteiger partial charge in [-0.15, -0.1) is 0 Å². The van der Waals surface area contributed by atoms with E-state index >= 15 is 0 Å². The molecule has 0 aromatic heterocycles. The second-order valence-corrected chi connectivity index (χ2v) is 9.28. The highest BCUT2D eigenvalue weighted by atomic mass is 32.2. The lowest BCUT2D eigenvalue weighted by Gasteiger charge is -2.31. The van der Waals surface area contributed by atoms with Gasteiger partial charge < -0.3 is 4.90 Å². The number of aliphatic imine (C=N–C) groups is 1. The zero-order valence-electron chi connectivity index (χ0n) is 16.5. The average Bonchev–Trinajstić information content (AvgIpc) is 3.25. The molecule has 2 aliphatic heterocycles. The number of sulfonamides is 1. The van der Waals surface area contributed by atoms with Crippen LogP contribution in [0.25, 0.3) is 0 Å². The predicted molar refractivity (Wildman–Crippen MR) is 114 cm³/mol. The number of nitrogens with zero attached hydrogens (tertiary/aromatic N) is 3. The van der Waals surface area contributed by atoms with Crippen LogP contribution in [0, 0.1) is 0 Å². The number of hydrogen-bond donors (Lipinski definition) is 0. The second kappa shape index (κ2) is 7.99. The van der Waals surface area contributed by atoms with Gasteiger partial charge in [0.25, 0.3) is 10.0 Å². The van der Waals surface area contributed by atoms with E-state index in [4.69, 9.17) is 0 Å². The van der Waals surface area contributed by atoms with Crippen molar-refractivity contribution >= 4 is 28.0 Å². The Morgan fingerprint density at radius 1 is 1.14 bits per heavy atom. The molecule has 0 saturated carbocycles. The fourth-order valence-electron chi connectivity index (χ4n) is 4.01. The average molecular weight is 412 g/mol. The zero-order valence-corrected chi connectivity index (χ0v) is 17.3. The molecule has 0 N–H and O–H groups in total. The van der Waals surface area contributed by atoms with Gasteiger partial charge in [-0.2, -0.15) is 0 Å². The number of carbonyl (C=O) groups excluding carboxylic acids is 1. The second-order valence-electron chi connectivity index (χ2n) is 7.42. The number of anilines is 1. The lowest BCUT2D eigenvalue weighted by atomic mass is 10.0. The van der Waals surface area contributed by atoms with Gasteiger partial charge in [0.2, 0.25) is 5.91 Å². The molecule has 2 aromatic carbocycles. The maximum absolute atomic E-state index is 13.4. The molecule has 2 aromatic rings. The van der Waals surface area contributed by atoms with Crippen LogP contribution >= 0.6 is 0 Å². The van der Waals surface area contributed by atoms with Gasteiger partial charge in [-0.05, 0) is 42.5 Å². The van der Waals surface area contributed by atoms with Gasteiger partial charge in [0.15, 0.2) is 0 Å². The first-order valence-corrected chi connectivity index (χ1v) is 11.5. The van der Waals surface area contributed by atoms with Crippen molar-refractivity contribution in [3.8, 4) is 0 Å². The highest BCUT2D eigenvalue weighted by Crippen LogP contribution is 2.35. The van der Waals surface area contributed by atoms with Crippen LogP contribution in [0.15, 0.2) is 58.4 Å². The molecule has 2 heterocycles. The quantitative estimate of drug-likeness (QED) is 0.756. The molecule has 1 atom stereocenters. The van der Waals surface area contributed by atoms with Gasteiger partial charge in [0, 0.05) is 18.7 Å². The Morgan fingerprint density at radius 2 is 1.93 bits per heavy atom. The third-order valence-corrected chi connectivity index (χ3v) is 7.27. The molecule has 2 aliphatic rings. The number of carbonyl (C=O) groups is 1. The van der Waals surface area contributed by atoms with Crippen molar-refractivity contribution < 1.29 is 13.2 Å². The number of hydrogen-bond acceptors (Lipinski definition) is 4. The zero-order chi connectivity index (χ0) is 20.4. The van der Waals surface area contributed by atoms with E-state index in [1.807, 2.05) is 43.3 Å². The Balaban J connectivity index is 1.64. The van der Waals surface area contributed by atoms with Crippen molar-refractivity contribution in [1.82, 2.24) is 4.31 Å². The van der Waals surface area contributed by atoms with Gasteiger partial charge in [-0.1, -0.05) is 43.3 Å². The first-order valence-electron chi connectivity index (χ1n) is 10.0. The number of benzene rings is 2. The van der Waals surface area contributed by atoms with Crippen LogP contribution in [0.4, 0.5) is 5.69 Å². The molecular formula is C22H25N3O3S. The fraction of sp³-hybridized carbons (Fsp3) is 0.364. The smallest absolute Gasteiger partial charge is 0.265 e. The van der Waals surface area contributed by atoms with Crippen molar-refractivity contribution in [3.63, 3.8) is 0 Å². The van der Waals surface area contributed by atoms with E-state index in [2.05, 4.69) is 4.99 Å². The van der Waals surface area contributed by atoms with Gasteiger partial charge in [-0.25, -0.2) is 8.42 Å².